The third kappa shape index (κ3) is 2.52. The smallest absolute Gasteiger partial charge is 0.377 e. The maximum absolute atomic E-state index is 11.8. The van der Waals surface area contributed by atoms with Crippen molar-refractivity contribution in [3.8, 4) is 5.75 Å². The van der Waals surface area contributed by atoms with E-state index in [1.54, 1.807) is 0 Å². The number of carbonyl (C=O) groups excluding carboxylic acids is 1. The fourth-order valence-corrected chi connectivity index (χ4v) is 1.94. The molecule has 0 atom stereocenters. The number of methoxy groups -OCH3 is 1. The number of fused-ring (bicyclic) bond motifs is 1. The number of carboxylic acid groups (broad SMARTS) is 1. The number of pyridine rings is 1. The van der Waals surface area contributed by atoms with Gasteiger partial charge in [-0.2, -0.15) is 0 Å². The number of hydrogen-bond acceptors (Lipinski definition) is 7. The number of anilines is 1. The first-order chi connectivity index (χ1) is 10.5. The number of nitrogens with one attached hydrogen (secondary N) is 1. The quantitative estimate of drug-likeness (QED) is 0.235. The summed E-state index contributed by atoms with van der Waals surface area (Å²) in [5.41, 5.74) is 0.322. The minimum atomic E-state index is -1.57. The molecule has 0 radical (unpaired) electrons. The molecule has 9 nitrogen and oxygen atoms in total. The van der Waals surface area contributed by atoms with Crippen molar-refractivity contribution in [3.05, 3.63) is 30.4 Å². The number of aromatic amines is 1. The molecule has 0 aliphatic rings. The molecule has 0 saturated carbocycles. The number of carboxylic acids is 1. The third-order valence-electron chi connectivity index (χ3n) is 2.89. The van der Waals surface area contributed by atoms with Crippen molar-refractivity contribution in [2.45, 2.75) is 0 Å². The molecular weight excluding hydrogens is 290 g/mol. The number of hydrazine groups is 1. The highest BCUT2D eigenvalue weighted by Crippen LogP contribution is 2.33. The maximum Gasteiger partial charge on any atom is 0.377 e. The number of aromatic nitrogens is 2. The number of hydrogen-bond donors (Lipinski definition) is 3. The van der Waals surface area contributed by atoms with E-state index in [4.69, 9.17) is 15.7 Å². The van der Waals surface area contributed by atoms with E-state index in [1.165, 1.54) is 31.9 Å². The van der Waals surface area contributed by atoms with E-state index in [1.807, 2.05) is 0 Å². The molecule has 9 heteroatoms. The van der Waals surface area contributed by atoms with Crippen molar-refractivity contribution in [2.24, 2.45) is 10.8 Å². The number of ether oxygens (including phenoxy) is 1. The summed E-state index contributed by atoms with van der Waals surface area (Å²) >= 11 is 0. The molecule has 2 heterocycles. The Morgan fingerprint density at radius 1 is 1.59 bits per heavy atom. The Labute approximate surface area is 124 Å². The molecule has 0 aliphatic heterocycles. The first-order valence-electron chi connectivity index (χ1n) is 5.99. The molecule has 0 unspecified atom stereocenters. The number of rotatable bonds is 6. The molecule has 2 rings (SSSR count). The van der Waals surface area contributed by atoms with Gasteiger partial charge in [0.1, 0.15) is 5.75 Å². The molecule has 114 valence electrons. The largest absolute Gasteiger partial charge is 0.494 e. The summed E-state index contributed by atoms with van der Waals surface area (Å²) < 4.78 is 5.14. The van der Waals surface area contributed by atoms with Crippen LogP contribution in [0.2, 0.25) is 0 Å². The molecule has 0 bridgehead atoms. The average Bonchev–Trinajstić information content (AvgIpc) is 2.95. The van der Waals surface area contributed by atoms with Crippen molar-refractivity contribution in [3.63, 3.8) is 0 Å². The van der Waals surface area contributed by atoms with Crippen LogP contribution in [-0.4, -0.2) is 40.7 Å². The van der Waals surface area contributed by atoms with Crippen LogP contribution in [-0.2, 0) is 4.79 Å². The Balaban J connectivity index is 2.69. The fourth-order valence-electron chi connectivity index (χ4n) is 1.94. The fraction of sp³-hybridized carbons (Fsp3) is 0.0769. The van der Waals surface area contributed by atoms with E-state index < -0.39 is 11.8 Å². The molecule has 0 aliphatic carbocycles. The Hall–Kier alpha value is -3.20. The van der Waals surface area contributed by atoms with E-state index in [9.17, 15) is 9.59 Å². The Morgan fingerprint density at radius 3 is 2.91 bits per heavy atom. The molecule has 0 aromatic carbocycles. The lowest BCUT2D eigenvalue weighted by Crippen LogP contribution is -2.25. The van der Waals surface area contributed by atoms with Gasteiger partial charge in [-0.25, -0.2) is 15.6 Å². The summed E-state index contributed by atoms with van der Waals surface area (Å²) in [6.07, 6.45) is 5.38. The third-order valence-corrected chi connectivity index (χ3v) is 2.89. The van der Waals surface area contributed by atoms with Crippen molar-refractivity contribution >= 4 is 35.2 Å². The predicted molar refractivity (Wildman–Crippen MR) is 80.0 cm³/mol. The van der Waals surface area contributed by atoms with Gasteiger partial charge in [0.05, 0.1) is 29.8 Å². The van der Waals surface area contributed by atoms with Crippen LogP contribution in [0.1, 0.15) is 10.4 Å². The average molecular weight is 303 g/mol. The van der Waals surface area contributed by atoms with Crippen LogP contribution in [0.5, 0.6) is 5.75 Å². The van der Waals surface area contributed by atoms with Gasteiger partial charge in [-0.15, -0.1) is 0 Å². The summed E-state index contributed by atoms with van der Waals surface area (Å²) in [7, 11) is 1.39. The monoisotopic (exact) mass is 303 g/mol. The summed E-state index contributed by atoms with van der Waals surface area (Å²) in [6, 6.07) is 0. The van der Waals surface area contributed by atoms with E-state index in [-0.39, 0.29) is 22.5 Å². The van der Waals surface area contributed by atoms with Crippen molar-refractivity contribution in [1.82, 2.24) is 9.97 Å². The molecule has 22 heavy (non-hydrogen) atoms. The first kappa shape index (κ1) is 15.2. The van der Waals surface area contributed by atoms with Gasteiger partial charge in [-0.05, 0) is 6.72 Å². The van der Waals surface area contributed by atoms with Crippen LogP contribution in [0.4, 0.5) is 5.82 Å². The van der Waals surface area contributed by atoms with E-state index in [0.29, 0.717) is 5.52 Å². The SMILES string of the molecule is C=N/C=C\N(N)c1ncc(OC)c2c(C(=O)C(=O)O)c[nH]c12. The van der Waals surface area contributed by atoms with Crippen LogP contribution in [0, 0.1) is 0 Å². The van der Waals surface area contributed by atoms with Gasteiger partial charge in [0, 0.05) is 18.6 Å². The van der Waals surface area contributed by atoms with Crippen LogP contribution in [0.15, 0.2) is 29.8 Å². The van der Waals surface area contributed by atoms with Crippen molar-refractivity contribution in [1.29, 1.82) is 0 Å². The summed E-state index contributed by atoms with van der Waals surface area (Å²) in [4.78, 5) is 33.1. The Kier molecular flexibility index (Phi) is 4.18. The van der Waals surface area contributed by atoms with Crippen molar-refractivity contribution < 1.29 is 19.4 Å². The van der Waals surface area contributed by atoms with E-state index >= 15 is 0 Å². The van der Waals surface area contributed by atoms with E-state index in [0.717, 1.165) is 5.01 Å². The highest BCUT2D eigenvalue weighted by Gasteiger charge is 2.24. The number of Topliss-reactive ketones (excluding diaryl/α,β-unsaturated/α-hetero) is 1. The van der Waals surface area contributed by atoms with Gasteiger partial charge in [0.15, 0.2) is 5.82 Å². The van der Waals surface area contributed by atoms with E-state index in [2.05, 4.69) is 21.7 Å². The zero-order valence-electron chi connectivity index (χ0n) is 11.6. The van der Waals surface area contributed by atoms with Crippen LogP contribution >= 0.6 is 0 Å². The van der Waals surface area contributed by atoms with Gasteiger partial charge >= 0.3 is 5.97 Å². The zero-order valence-corrected chi connectivity index (χ0v) is 11.6. The molecule has 2 aromatic heterocycles. The normalized spacial score (nSPS) is 10.8. The summed E-state index contributed by atoms with van der Waals surface area (Å²) in [5.74, 6) is 3.71. The second kappa shape index (κ2) is 6.06. The molecule has 2 aromatic rings. The maximum atomic E-state index is 11.8. The lowest BCUT2D eigenvalue weighted by atomic mass is 10.1. The lowest BCUT2D eigenvalue weighted by molar-refractivity contribution is -0.131. The molecule has 0 fully saturated rings. The Morgan fingerprint density at radius 2 is 2.32 bits per heavy atom. The van der Waals surface area contributed by atoms with Gasteiger partial charge in [0.2, 0.25) is 0 Å². The number of aliphatic imine (C=N–C) groups is 1. The number of nitrogens with zero attached hydrogens (tertiary/aromatic N) is 3. The minimum Gasteiger partial charge on any atom is -0.494 e. The topological polar surface area (TPSA) is 134 Å². The van der Waals surface area contributed by atoms with Gasteiger partial charge < -0.3 is 14.8 Å². The molecule has 0 amide bonds. The summed E-state index contributed by atoms with van der Waals surface area (Å²) in [6.45, 7) is 3.29. The number of aliphatic carboxylic acids is 1. The van der Waals surface area contributed by atoms with Crippen LogP contribution < -0.4 is 15.6 Å². The highest BCUT2D eigenvalue weighted by atomic mass is 16.5. The van der Waals surface area contributed by atoms with Crippen molar-refractivity contribution in [2.75, 3.05) is 12.1 Å². The number of nitrogens with two attached hydrogens (primary N) is 1. The highest BCUT2D eigenvalue weighted by molar-refractivity contribution is 6.42. The first-order valence-corrected chi connectivity index (χ1v) is 5.99. The molecule has 4 N–H and O–H groups in total. The van der Waals surface area contributed by atoms with Crippen LogP contribution in [0.25, 0.3) is 10.9 Å². The predicted octanol–water partition coefficient (Wildman–Crippen LogP) is 0.691. The molecular formula is C13H13N5O4. The number of carbonyl (C=O) groups is 2. The summed E-state index contributed by atoms with van der Waals surface area (Å²) in [5, 5.41) is 10.3. The minimum absolute atomic E-state index is 0.0396. The number of ketones is 1. The standard InChI is InChI=1S/C13H13N5O4/c1-15-3-4-18(14)12-10-9(8(22-2)6-17-12)7(5-16-10)11(19)13(20)21/h3-6,16H,1,14H2,2H3,(H,20,21)/b4-3-. The van der Waals surface area contributed by atoms with Crippen LogP contribution in [0.3, 0.4) is 0 Å². The second-order valence-electron chi connectivity index (χ2n) is 4.12. The second-order valence-corrected chi connectivity index (χ2v) is 4.12. The molecule has 0 saturated heterocycles. The lowest BCUT2D eigenvalue weighted by Gasteiger charge is -2.14. The van der Waals surface area contributed by atoms with Gasteiger partial charge in [-0.1, -0.05) is 0 Å². The number of H-pyrrole nitrogens is 1. The molecule has 0 spiro atoms. The van der Waals surface area contributed by atoms with Gasteiger partial charge in [-0.3, -0.25) is 14.8 Å². The van der Waals surface area contributed by atoms with Gasteiger partial charge in [0.25, 0.3) is 5.78 Å². The Bertz CT molecular complexity index is 780. The zero-order chi connectivity index (χ0) is 16.3.